The molecule has 1 heterocycles. The number of piperidine rings is 1. The molecule has 130 valence electrons. The number of hydrogen-bond donors (Lipinski definition) is 0. The summed E-state index contributed by atoms with van der Waals surface area (Å²) >= 11 is 0. The van der Waals surface area contributed by atoms with Crippen LogP contribution in [0.25, 0.3) is 0 Å². The second-order valence-electron chi connectivity index (χ2n) is 6.94. The lowest BCUT2D eigenvalue weighted by atomic mass is 9.75. The van der Waals surface area contributed by atoms with Crippen molar-refractivity contribution in [1.82, 2.24) is 4.90 Å². The summed E-state index contributed by atoms with van der Waals surface area (Å²) in [5.74, 6) is -0.225. The van der Waals surface area contributed by atoms with Gasteiger partial charge < -0.3 is 9.64 Å². The number of halogens is 1. The maximum atomic E-state index is 13.2. The number of carbonyl (C=O) groups is 2. The van der Waals surface area contributed by atoms with Crippen molar-refractivity contribution in [3.8, 4) is 0 Å². The predicted octanol–water partition coefficient (Wildman–Crippen LogP) is 2.95. The Hall–Kier alpha value is -1.91. The van der Waals surface area contributed by atoms with E-state index >= 15 is 0 Å². The summed E-state index contributed by atoms with van der Waals surface area (Å²) in [5.41, 5.74) is 0.168. The molecule has 1 atom stereocenters. The van der Waals surface area contributed by atoms with Crippen molar-refractivity contribution in [2.75, 3.05) is 19.7 Å². The highest BCUT2D eigenvalue weighted by atomic mass is 19.1. The molecule has 1 amide bonds. The molecule has 0 radical (unpaired) electrons. The van der Waals surface area contributed by atoms with Crippen molar-refractivity contribution in [2.45, 2.75) is 39.0 Å². The Morgan fingerprint density at radius 1 is 1.29 bits per heavy atom. The van der Waals surface area contributed by atoms with Gasteiger partial charge in [0.05, 0.1) is 12.0 Å². The molecule has 0 spiro atoms. The van der Waals surface area contributed by atoms with E-state index < -0.39 is 5.41 Å². The van der Waals surface area contributed by atoms with Crippen molar-refractivity contribution in [3.05, 3.63) is 35.6 Å². The maximum Gasteiger partial charge on any atom is 0.314 e. The molecular formula is C19H24FNO3. The third-order valence-corrected chi connectivity index (χ3v) is 4.98. The number of carbonyl (C=O) groups excluding carboxylic acids is 2. The molecule has 1 unspecified atom stereocenters. The summed E-state index contributed by atoms with van der Waals surface area (Å²) in [6, 6.07) is 6.23. The van der Waals surface area contributed by atoms with Gasteiger partial charge in [-0.05, 0) is 56.7 Å². The first kappa shape index (κ1) is 16.9. The molecule has 1 saturated heterocycles. The predicted molar refractivity (Wildman–Crippen MR) is 87.7 cm³/mol. The first-order chi connectivity index (χ1) is 11.5. The summed E-state index contributed by atoms with van der Waals surface area (Å²) in [7, 11) is 0. The molecule has 1 aliphatic heterocycles. The molecule has 1 aromatic rings. The van der Waals surface area contributed by atoms with Crippen LogP contribution in [0.4, 0.5) is 4.39 Å². The van der Waals surface area contributed by atoms with Crippen molar-refractivity contribution in [2.24, 2.45) is 11.3 Å². The normalized spacial score (nSPS) is 23.8. The van der Waals surface area contributed by atoms with Crippen LogP contribution in [0.5, 0.6) is 0 Å². The van der Waals surface area contributed by atoms with E-state index in [1.165, 1.54) is 12.1 Å². The molecule has 1 aliphatic carbocycles. The van der Waals surface area contributed by atoms with E-state index in [0.717, 1.165) is 24.8 Å². The SMILES string of the molecule is CCOC(=O)C1(Cc2ccc(F)cc2)CCCN(C(=O)C2CC2)C1. The number of benzene rings is 1. The van der Waals surface area contributed by atoms with Gasteiger partial charge in [-0.25, -0.2) is 4.39 Å². The first-order valence-corrected chi connectivity index (χ1v) is 8.74. The zero-order valence-corrected chi connectivity index (χ0v) is 14.1. The quantitative estimate of drug-likeness (QED) is 0.778. The lowest BCUT2D eigenvalue weighted by Crippen LogP contribution is -2.52. The van der Waals surface area contributed by atoms with E-state index in [9.17, 15) is 14.0 Å². The first-order valence-electron chi connectivity index (χ1n) is 8.74. The molecule has 1 saturated carbocycles. The van der Waals surface area contributed by atoms with Crippen molar-refractivity contribution < 1.29 is 18.7 Å². The summed E-state index contributed by atoms with van der Waals surface area (Å²) in [5, 5.41) is 0. The van der Waals surface area contributed by atoms with Gasteiger partial charge in [-0.3, -0.25) is 9.59 Å². The molecule has 0 aromatic heterocycles. The minimum absolute atomic E-state index is 0.147. The second kappa shape index (κ2) is 6.91. The van der Waals surface area contributed by atoms with E-state index in [1.807, 2.05) is 4.90 Å². The molecule has 2 fully saturated rings. The number of rotatable bonds is 5. The van der Waals surface area contributed by atoms with Crippen LogP contribution in [0.15, 0.2) is 24.3 Å². The average molecular weight is 333 g/mol. The standard InChI is InChI=1S/C19H24FNO3/c1-2-24-18(23)19(12-14-4-8-16(20)9-5-14)10-3-11-21(13-19)17(22)15-6-7-15/h4-5,8-9,15H,2-3,6-7,10-13H2,1H3. The fourth-order valence-corrected chi connectivity index (χ4v) is 3.57. The van der Waals surface area contributed by atoms with E-state index in [4.69, 9.17) is 4.74 Å². The van der Waals surface area contributed by atoms with Crippen LogP contribution in [0.3, 0.4) is 0 Å². The van der Waals surface area contributed by atoms with Gasteiger partial charge in [0.2, 0.25) is 5.91 Å². The number of amides is 1. The van der Waals surface area contributed by atoms with Gasteiger partial charge in [0, 0.05) is 19.0 Å². The molecule has 1 aromatic carbocycles. The van der Waals surface area contributed by atoms with Gasteiger partial charge in [0.15, 0.2) is 0 Å². The van der Waals surface area contributed by atoms with Crippen LogP contribution in [0.1, 0.15) is 38.2 Å². The lowest BCUT2D eigenvalue weighted by molar-refractivity contribution is -0.161. The summed E-state index contributed by atoms with van der Waals surface area (Å²) in [4.78, 5) is 27.0. The van der Waals surface area contributed by atoms with Crippen molar-refractivity contribution in [1.29, 1.82) is 0 Å². The lowest BCUT2D eigenvalue weighted by Gasteiger charge is -2.41. The molecule has 3 rings (SSSR count). The number of ether oxygens (including phenoxy) is 1. The largest absolute Gasteiger partial charge is 0.466 e. The fourth-order valence-electron chi connectivity index (χ4n) is 3.57. The van der Waals surface area contributed by atoms with Crippen LogP contribution < -0.4 is 0 Å². The topological polar surface area (TPSA) is 46.6 Å². The molecule has 0 bridgehead atoms. The van der Waals surface area contributed by atoms with Crippen LogP contribution in [0, 0.1) is 17.2 Å². The van der Waals surface area contributed by atoms with Gasteiger partial charge in [-0.2, -0.15) is 0 Å². The zero-order valence-electron chi connectivity index (χ0n) is 14.1. The minimum Gasteiger partial charge on any atom is -0.466 e. The number of esters is 1. The third-order valence-electron chi connectivity index (χ3n) is 4.98. The molecule has 24 heavy (non-hydrogen) atoms. The molecule has 0 N–H and O–H groups in total. The van der Waals surface area contributed by atoms with Crippen LogP contribution in [-0.2, 0) is 20.7 Å². The highest BCUT2D eigenvalue weighted by Gasteiger charge is 2.46. The Labute approximate surface area is 142 Å². The molecule has 2 aliphatic rings. The van der Waals surface area contributed by atoms with E-state index in [1.54, 1.807) is 19.1 Å². The number of likely N-dealkylation sites (tertiary alicyclic amines) is 1. The highest BCUT2D eigenvalue weighted by molar-refractivity contribution is 5.83. The molecule has 4 nitrogen and oxygen atoms in total. The number of hydrogen-bond acceptors (Lipinski definition) is 3. The minimum atomic E-state index is -0.726. The Morgan fingerprint density at radius 2 is 2.00 bits per heavy atom. The Kier molecular flexibility index (Phi) is 4.88. The van der Waals surface area contributed by atoms with Crippen molar-refractivity contribution in [3.63, 3.8) is 0 Å². The maximum absolute atomic E-state index is 13.2. The summed E-state index contributed by atoms with van der Waals surface area (Å²) in [6.45, 7) is 3.22. The number of nitrogens with zero attached hydrogens (tertiary/aromatic N) is 1. The van der Waals surface area contributed by atoms with E-state index in [-0.39, 0.29) is 23.6 Å². The summed E-state index contributed by atoms with van der Waals surface area (Å²) < 4.78 is 18.5. The Balaban J connectivity index is 1.82. The fraction of sp³-hybridized carbons (Fsp3) is 0.579. The van der Waals surface area contributed by atoms with E-state index in [2.05, 4.69) is 0 Å². The van der Waals surface area contributed by atoms with Gasteiger partial charge in [0.1, 0.15) is 5.82 Å². The molecular weight excluding hydrogens is 309 g/mol. The van der Waals surface area contributed by atoms with E-state index in [0.29, 0.717) is 32.5 Å². The van der Waals surface area contributed by atoms with Gasteiger partial charge in [-0.1, -0.05) is 12.1 Å². The monoisotopic (exact) mass is 333 g/mol. The highest BCUT2D eigenvalue weighted by Crippen LogP contribution is 2.38. The van der Waals surface area contributed by atoms with Crippen LogP contribution in [-0.4, -0.2) is 36.5 Å². The van der Waals surface area contributed by atoms with Crippen LogP contribution >= 0.6 is 0 Å². The smallest absolute Gasteiger partial charge is 0.314 e. The van der Waals surface area contributed by atoms with Crippen LogP contribution in [0.2, 0.25) is 0 Å². The second-order valence-corrected chi connectivity index (χ2v) is 6.94. The Morgan fingerprint density at radius 3 is 2.62 bits per heavy atom. The Bertz CT molecular complexity index is 612. The zero-order chi connectivity index (χ0) is 17.2. The van der Waals surface area contributed by atoms with Gasteiger partial charge in [0.25, 0.3) is 0 Å². The third kappa shape index (κ3) is 3.60. The summed E-state index contributed by atoms with van der Waals surface area (Å²) in [6.07, 6.45) is 3.87. The van der Waals surface area contributed by atoms with Crippen molar-refractivity contribution >= 4 is 11.9 Å². The van der Waals surface area contributed by atoms with Gasteiger partial charge in [-0.15, -0.1) is 0 Å². The molecule has 5 heteroatoms. The van der Waals surface area contributed by atoms with Gasteiger partial charge >= 0.3 is 5.97 Å². The average Bonchev–Trinajstić information content (AvgIpc) is 3.42.